The summed E-state index contributed by atoms with van der Waals surface area (Å²) in [6.07, 6.45) is 2.14. The van der Waals surface area contributed by atoms with Gasteiger partial charge in [-0.3, -0.25) is 0 Å². The Labute approximate surface area is 110 Å². The molecule has 1 saturated heterocycles. The molecule has 1 aromatic heterocycles. The lowest BCUT2D eigenvalue weighted by atomic mass is 9.90. The van der Waals surface area contributed by atoms with Gasteiger partial charge in [-0.1, -0.05) is 0 Å². The van der Waals surface area contributed by atoms with Crippen LogP contribution in [0.25, 0.3) is 0 Å². The molecule has 2 atom stereocenters. The van der Waals surface area contributed by atoms with Gasteiger partial charge in [0, 0.05) is 6.61 Å². The van der Waals surface area contributed by atoms with E-state index >= 15 is 0 Å². The lowest BCUT2D eigenvalue weighted by Gasteiger charge is -2.30. The second-order valence-corrected chi connectivity index (χ2v) is 7.77. The van der Waals surface area contributed by atoms with Gasteiger partial charge in [-0.15, -0.1) is 11.3 Å². The van der Waals surface area contributed by atoms with Crippen molar-refractivity contribution in [2.75, 3.05) is 6.61 Å². The van der Waals surface area contributed by atoms with E-state index in [9.17, 15) is 0 Å². The number of halogens is 2. The molecule has 1 fully saturated rings. The van der Waals surface area contributed by atoms with Crippen LogP contribution in [0.5, 0.6) is 0 Å². The summed E-state index contributed by atoms with van der Waals surface area (Å²) in [5, 5.41) is 0. The van der Waals surface area contributed by atoms with Gasteiger partial charge in [0.2, 0.25) is 0 Å². The fraction of sp³-hybridized carbons (Fsp3) is 0.600. The Morgan fingerprint density at radius 1 is 1.60 bits per heavy atom. The third kappa shape index (κ3) is 2.31. The van der Waals surface area contributed by atoms with E-state index in [1.807, 2.05) is 0 Å². The van der Waals surface area contributed by atoms with Crippen molar-refractivity contribution < 1.29 is 4.74 Å². The van der Waals surface area contributed by atoms with Crippen molar-refractivity contribution in [1.82, 2.24) is 0 Å². The highest BCUT2D eigenvalue weighted by Gasteiger charge is 2.38. The first-order chi connectivity index (χ1) is 7.03. The van der Waals surface area contributed by atoms with Crippen LogP contribution < -0.4 is 5.73 Å². The van der Waals surface area contributed by atoms with Crippen molar-refractivity contribution >= 4 is 43.2 Å². The quantitative estimate of drug-likeness (QED) is 0.875. The van der Waals surface area contributed by atoms with E-state index in [2.05, 4.69) is 44.8 Å². The Morgan fingerprint density at radius 3 is 2.80 bits per heavy atom. The van der Waals surface area contributed by atoms with Crippen molar-refractivity contribution in [2.45, 2.75) is 31.4 Å². The van der Waals surface area contributed by atoms with Crippen molar-refractivity contribution in [3.63, 3.8) is 0 Å². The van der Waals surface area contributed by atoms with Gasteiger partial charge in [-0.05, 0) is 63.3 Å². The second-order valence-electron chi connectivity index (χ2n) is 4.02. The Kier molecular flexibility index (Phi) is 3.57. The number of rotatable bonds is 2. The molecule has 5 heteroatoms. The van der Waals surface area contributed by atoms with Crippen molar-refractivity contribution in [3.8, 4) is 0 Å². The number of nitrogens with two attached hydrogens (primary N) is 1. The van der Waals surface area contributed by atoms with Crippen LogP contribution in [0.3, 0.4) is 0 Å². The average Bonchev–Trinajstić information content (AvgIpc) is 2.73. The molecule has 1 aliphatic rings. The van der Waals surface area contributed by atoms with Crippen molar-refractivity contribution in [1.29, 1.82) is 0 Å². The van der Waals surface area contributed by atoms with Crippen molar-refractivity contribution in [2.24, 2.45) is 5.73 Å². The van der Waals surface area contributed by atoms with Crippen LogP contribution in [-0.2, 0) is 4.74 Å². The smallest absolute Gasteiger partial charge is 0.0847 e. The minimum Gasteiger partial charge on any atom is -0.373 e. The number of hydrogen-bond acceptors (Lipinski definition) is 3. The lowest BCUT2D eigenvalue weighted by molar-refractivity contribution is -0.00179. The Hall–Kier alpha value is 0.580. The summed E-state index contributed by atoms with van der Waals surface area (Å²) in [6.45, 7) is 2.93. The first-order valence-corrected chi connectivity index (χ1v) is 7.27. The van der Waals surface area contributed by atoms with Crippen LogP contribution in [0.4, 0.5) is 0 Å². The zero-order valence-electron chi connectivity index (χ0n) is 8.43. The van der Waals surface area contributed by atoms with Crippen LogP contribution in [0.2, 0.25) is 0 Å². The summed E-state index contributed by atoms with van der Waals surface area (Å²) in [5.41, 5.74) is 7.21. The molecule has 2 N–H and O–H groups in total. The molecule has 0 bridgehead atoms. The third-order valence-corrected chi connectivity index (χ3v) is 5.31. The summed E-state index contributed by atoms with van der Waals surface area (Å²) >= 11 is 8.66. The predicted octanol–water partition coefficient (Wildman–Crippen LogP) is 3.84. The lowest BCUT2D eigenvalue weighted by Crippen LogP contribution is -2.37. The molecule has 0 saturated carbocycles. The maximum Gasteiger partial charge on any atom is 0.0847 e. The molecular weight excluding hydrogens is 342 g/mol. The van der Waals surface area contributed by atoms with Gasteiger partial charge in [0.15, 0.2) is 0 Å². The summed E-state index contributed by atoms with van der Waals surface area (Å²) in [6, 6.07) is 2.02. The van der Waals surface area contributed by atoms with E-state index in [0.717, 1.165) is 32.6 Å². The number of thiophene rings is 1. The first kappa shape index (κ1) is 12.0. The molecule has 2 nitrogen and oxygen atoms in total. The molecule has 0 amide bonds. The van der Waals surface area contributed by atoms with Crippen LogP contribution in [-0.4, -0.2) is 12.2 Å². The van der Waals surface area contributed by atoms with Gasteiger partial charge in [-0.2, -0.15) is 0 Å². The molecule has 15 heavy (non-hydrogen) atoms. The summed E-state index contributed by atoms with van der Waals surface area (Å²) in [5.74, 6) is 0. The van der Waals surface area contributed by atoms with Gasteiger partial charge in [0.25, 0.3) is 0 Å². The topological polar surface area (TPSA) is 35.2 Å². The highest BCUT2D eigenvalue weighted by molar-refractivity contribution is 9.12. The SMILES string of the molecule is CC1(C(N)c2cc(Br)sc2Br)CCCO1. The number of hydrogen-bond donors (Lipinski definition) is 1. The van der Waals surface area contributed by atoms with E-state index in [1.165, 1.54) is 0 Å². The predicted molar refractivity (Wildman–Crippen MR) is 70.2 cm³/mol. The number of ether oxygens (including phenoxy) is 1. The van der Waals surface area contributed by atoms with E-state index in [0.29, 0.717) is 0 Å². The standard InChI is InChI=1S/C10H13Br2NOS/c1-10(3-2-4-14-10)8(13)6-5-7(11)15-9(6)12/h5,8H,2-4,13H2,1H3. The Balaban J connectivity index is 2.27. The average molecular weight is 355 g/mol. The van der Waals surface area contributed by atoms with Gasteiger partial charge < -0.3 is 10.5 Å². The van der Waals surface area contributed by atoms with Crippen LogP contribution in [0.15, 0.2) is 13.6 Å². The van der Waals surface area contributed by atoms with E-state index in [-0.39, 0.29) is 11.6 Å². The van der Waals surface area contributed by atoms with E-state index in [1.54, 1.807) is 11.3 Å². The molecular formula is C10H13Br2NOS. The van der Waals surface area contributed by atoms with E-state index < -0.39 is 0 Å². The minimum atomic E-state index is -0.205. The maximum absolute atomic E-state index is 6.28. The molecule has 2 unspecified atom stereocenters. The molecule has 0 aliphatic carbocycles. The van der Waals surface area contributed by atoms with Crippen LogP contribution in [0.1, 0.15) is 31.4 Å². The summed E-state index contributed by atoms with van der Waals surface area (Å²) in [7, 11) is 0. The van der Waals surface area contributed by atoms with Crippen LogP contribution in [0, 0.1) is 0 Å². The summed E-state index contributed by atoms with van der Waals surface area (Å²) < 4.78 is 7.96. The fourth-order valence-electron chi connectivity index (χ4n) is 1.94. The fourth-order valence-corrected chi connectivity index (χ4v) is 4.87. The normalized spacial score (nSPS) is 28.3. The van der Waals surface area contributed by atoms with Gasteiger partial charge in [0.1, 0.15) is 0 Å². The maximum atomic E-state index is 6.28. The Morgan fingerprint density at radius 2 is 2.33 bits per heavy atom. The molecule has 0 aromatic carbocycles. The largest absolute Gasteiger partial charge is 0.373 e. The zero-order chi connectivity index (χ0) is 11.1. The summed E-state index contributed by atoms with van der Waals surface area (Å²) in [4.78, 5) is 0. The molecule has 0 radical (unpaired) electrons. The first-order valence-electron chi connectivity index (χ1n) is 4.87. The van der Waals surface area contributed by atoms with Crippen LogP contribution >= 0.6 is 43.2 Å². The monoisotopic (exact) mass is 353 g/mol. The van der Waals surface area contributed by atoms with Crippen molar-refractivity contribution in [3.05, 3.63) is 19.2 Å². The molecule has 2 heterocycles. The zero-order valence-corrected chi connectivity index (χ0v) is 12.4. The second kappa shape index (κ2) is 4.45. The van der Waals surface area contributed by atoms with Gasteiger partial charge >= 0.3 is 0 Å². The highest BCUT2D eigenvalue weighted by atomic mass is 79.9. The molecule has 2 rings (SSSR count). The molecule has 1 aromatic rings. The van der Waals surface area contributed by atoms with Gasteiger partial charge in [-0.25, -0.2) is 0 Å². The van der Waals surface area contributed by atoms with E-state index in [4.69, 9.17) is 10.5 Å². The minimum absolute atomic E-state index is 0.0584. The molecule has 0 spiro atoms. The van der Waals surface area contributed by atoms with Gasteiger partial charge in [0.05, 0.1) is 19.2 Å². The molecule has 1 aliphatic heterocycles. The highest BCUT2D eigenvalue weighted by Crippen LogP contribution is 2.42. The third-order valence-electron chi connectivity index (χ3n) is 2.93. The Bertz CT molecular complexity index is 360. The molecule has 84 valence electrons.